The van der Waals surface area contributed by atoms with Gasteiger partial charge in [-0.15, -0.1) is 0 Å². The fourth-order valence-electron chi connectivity index (χ4n) is 4.06. The number of aromatic nitrogens is 1. The van der Waals surface area contributed by atoms with Gasteiger partial charge in [0.25, 0.3) is 0 Å². The molecule has 34 heavy (non-hydrogen) atoms. The molecule has 0 radical (unpaired) electrons. The van der Waals surface area contributed by atoms with E-state index in [4.69, 9.17) is 16.4 Å². The van der Waals surface area contributed by atoms with Gasteiger partial charge in [0.15, 0.2) is 8.07 Å². The zero-order valence-corrected chi connectivity index (χ0v) is 18.9. The van der Waals surface area contributed by atoms with E-state index in [0.717, 1.165) is 4.57 Å². The van der Waals surface area contributed by atoms with E-state index in [9.17, 15) is 12.3 Å². The molecule has 0 aliphatic heterocycles. The molecule has 0 bridgehead atoms. The van der Waals surface area contributed by atoms with Crippen molar-refractivity contribution in [1.29, 1.82) is 0 Å². The molecule has 0 aliphatic carbocycles. The maximum Gasteiger partial charge on any atom is 0.179 e. The lowest BCUT2D eigenvalue weighted by Gasteiger charge is -2.34. The molecule has 0 N–H and O–H groups in total. The second kappa shape index (κ2) is 8.16. The Kier molecular flexibility index (Phi) is 1.95. The van der Waals surface area contributed by atoms with Gasteiger partial charge < -0.3 is 4.57 Å². The molecule has 5 aromatic carbocycles. The standard InChI is InChI=1S/C32H27NSi/c1-24-17-19-27(20-18-24)34(25-11-5-3-6-12-25,26-13-7-4-8-14-26)28-21-22-32-30(23-28)29-15-9-10-16-31(29)33(32)2/h3-23H,1-2H3/i3D,4D,5D,6D,7D,8D,9D,10D,11D,12D,13D,14D,15D,16D,17D,18D,19D,20D,21D,22D,23D. The van der Waals surface area contributed by atoms with Gasteiger partial charge in [-0.1, -0.05) is 120 Å². The highest BCUT2D eigenvalue weighted by molar-refractivity contribution is 7.20. The molecule has 0 saturated carbocycles. The second-order valence-electron chi connectivity index (χ2n) is 7.51. The predicted octanol–water partition coefficient (Wildman–Crippen LogP) is 5.02. The summed E-state index contributed by atoms with van der Waals surface area (Å²) in [5, 5.41) is -4.23. The molecule has 0 aliphatic rings. The molecule has 1 aromatic heterocycles. The Bertz CT molecular complexity index is 2500. The number of nitrogens with zero attached hydrogens (tertiary/aromatic N) is 1. The average Bonchev–Trinajstić information content (AvgIpc) is 3.46. The lowest BCUT2D eigenvalue weighted by atomic mass is 10.1. The first-order chi connectivity index (χ1) is 25.4. The molecule has 1 nitrogen and oxygen atoms in total. The first-order valence-electron chi connectivity index (χ1n) is 20.6. The number of rotatable bonds is 4. The van der Waals surface area contributed by atoms with Gasteiger partial charge in [-0.25, -0.2) is 0 Å². The van der Waals surface area contributed by atoms with Gasteiger partial charge in [0.05, 0.1) is 28.8 Å². The summed E-state index contributed by atoms with van der Waals surface area (Å²) in [6, 6.07) is -18.9. The van der Waals surface area contributed by atoms with E-state index in [0.29, 0.717) is 0 Å². The zero-order valence-electron chi connectivity index (χ0n) is 38.9. The molecule has 0 spiro atoms. The highest BCUT2D eigenvalue weighted by Crippen LogP contribution is 2.27. The van der Waals surface area contributed by atoms with E-state index in [1.807, 2.05) is 0 Å². The molecular formula is C32H27NSi. The summed E-state index contributed by atoms with van der Waals surface area (Å²) in [6.07, 6.45) is 0. The Morgan fingerprint density at radius 1 is 0.529 bits per heavy atom. The summed E-state index contributed by atoms with van der Waals surface area (Å²) in [7, 11) is -4.58. The maximum atomic E-state index is 9.88. The van der Waals surface area contributed by atoms with Gasteiger partial charge >= 0.3 is 0 Å². The average molecular weight is 475 g/mol. The molecule has 1 heterocycles. The third-order valence-electron chi connectivity index (χ3n) is 5.63. The van der Waals surface area contributed by atoms with Crippen LogP contribution < -0.4 is 20.7 Å². The molecule has 0 amide bonds. The maximum absolute atomic E-state index is 9.88. The minimum atomic E-state index is -5.90. The smallest absolute Gasteiger partial charge is 0.179 e. The summed E-state index contributed by atoms with van der Waals surface area (Å²) in [4.78, 5) is 0. The third-order valence-corrected chi connectivity index (χ3v) is 9.63. The molecule has 0 saturated heterocycles. The van der Waals surface area contributed by atoms with E-state index < -0.39 is 161 Å². The van der Waals surface area contributed by atoms with Crippen LogP contribution in [0.5, 0.6) is 0 Å². The van der Waals surface area contributed by atoms with Crippen LogP contribution in [-0.4, -0.2) is 12.6 Å². The van der Waals surface area contributed by atoms with E-state index in [1.54, 1.807) is 0 Å². The first-order valence-corrected chi connectivity index (χ1v) is 12.1. The molecule has 164 valence electrons. The summed E-state index contributed by atoms with van der Waals surface area (Å²) >= 11 is 0. The number of hydrogen-bond donors (Lipinski definition) is 0. The van der Waals surface area contributed by atoms with Crippen molar-refractivity contribution < 1.29 is 28.8 Å². The van der Waals surface area contributed by atoms with Crippen LogP contribution in [0.4, 0.5) is 0 Å². The van der Waals surface area contributed by atoms with Crippen molar-refractivity contribution in [2.45, 2.75) is 6.92 Å². The van der Waals surface area contributed by atoms with Crippen molar-refractivity contribution in [3.63, 3.8) is 0 Å². The highest BCUT2D eigenvalue weighted by atomic mass is 28.3. The first kappa shape index (κ1) is 8.11. The topological polar surface area (TPSA) is 4.93 Å². The van der Waals surface area contributed by atoms with Gasteiger partial charge in [0.2, 0.25) is 0 Å². The van der Waals surface area contributed by atoms with Gasteiger partial charge in [-0.3, -0.25) is 0 Å². The molecule has 0 atom stereocenters. The van der Waals surface area contributed by atoms with Crippen LogP contribution in [0, 0.1) is 6.92 Å². The number of para-hydroxylation sites is 1. The van der Waals surface area contributed by atoms with E-state index >= 15 is 0 Å². The Morgan fingerprint density at radius 2 is 1.03 bits per heavy atom. The van der Waals surface area contributed by atoms with Gasteiger partial charge in [-0.2, -0.15) is 0 Å². The molecular weight excluding hydrogens is 426 g/mol. The fraction of sp³-hybridized carbons (Fsp3) is 0.0625. The lowest BCUT2D eigenvalue weighted by Crippen LogP contribution is -2.74. The quantitative estimate of drug-likeness (QED) is 0.250. The Labute approximate surface area is 231 Å². The second-order valence-corrected chi connectivity index (χ2v) is 11.0. The summed E-state index contributed by atoms with van der Waals surface area (Å²) < 4.78 is 189. The van der Waals surface area contributed by atoms with Crippen LogP contribution in [0.1, 0.15) is 34.3 Å². The highest BCUT2D eigenvalue weighted by Gasteiger charge is 2.41. The van der Waals surface area contributed by atoms with Gasteiger partial charge in [-0.05, 0) is 39.8 Å². The summed E-state index contributed by atoms with van der Waals surface area (Å²) in [5.41, 5.74) is -0.714. The van der Waals surface area contributed by atoms with Crippen LogP contribution >= 0.6 is 0 Å². The summed E-state index contributed by atoms with van der Waals surface area (Å²) in [6.45, 7) is 1.24. The number of aryl methyl sites for hydroxylation is 1. The SMILES string of the molecule is [2H]c1c([2H])c([2H])c([Si](c2c([2H])c([2H])c([2H])c([2H])c2[2H])(c2c([2H])c([2H])c(C)c([2H])c2[2H])c2c([2H])c([2H])c3c(c2[2H])c2c([2H])c([2H])c([2H])c([2H])c2n3C)c([2H])c1[2H]. The van der Waals surface area contributed by atoms with Crippen LogP contribution in [0.3, 0.4) is 0 Å². The van der Waals surface area contributed by atoms with E-state index in [2.05, 4.69) is 0 Å². The molecule has 0 unspecified atom stereocenters. The van der Waals surface area contributed by atoms with Crippen molar-refractivity contribution >= 4 is 50.6 Å². The van der Waals surface area contributed by atoms with Crippen molar-refractivity contribution in [3.05, 3.63) is 132 Å². The summed E-state index contributed by atoms with van der Waals surface area (Å²) in [5.74, 6) is 0. The van der Waals surface area contributed by atoms with Gasteiger partial charge in [0.1, 0.15) is 0 Å². The van der Waals surface area contributed by atoms with E-state index in [1.165, 1.54) is 14.0 Å². The van der Waals surface area contributed by atoms with Crippen molar-refractivity contribution in [2.75, 3.05) is 0 Å². The van der Waals surface area contributed by atoms with Gasteiger partial charge in [0, 0.05) is 28.9 Å². The van der Waals surface area contributed by atoms with Crippen molar-refractivity contribution in [3.8, 4) is 0 Å². The number of hydrogen-bond acceptors (Lipinski definition) is 0. The number of fused-ring (bicyclic) bond motifs is 3. The van der Waals surface area contributed by atoms with Crippen molar-refractivity contribution in [1.82, 2.24) is 4.57 Å². The number of benzene rings is 5. The largest absolute Gasteiger partial charge is 0.344 e. The Balaban J connectivity index is 2.18. The van der Waals surface area contributed by atoms with Crippen LogP contribution in [0.15, 0.2) is 127 Å². The molecule has 0 fully saturated rings. The molecule has 2 heteroatoms. The monoisotopic (exact) mass is 474 g/mol. The van der Waals surface area contributed by atoms with E-state index in [-0.39, 0.29) is 22.0 Å². The molecule has 6 aromatic rings. The minimum absolute atomic E-state index is 0.211. The van der Waals surface area contributed by atoms with Crippen LogP contribution in [-0.2, 0) is 7.05 Å². The zero-order chi connectivity index (χ0) is 41.4. The normalized spacial score (nSPS) is 20.5. The molecule has 6 rings (SSSR count). The Hall–Kier alpha value is -3.88. The third kappa shape index (κ3) is 3.07. The predicted molar refractivity (Wildman–Crippen MR) is 149 cm³/mol. The van der Waals surface area contributed by atoms with Crippen LogP contribution in [0.2, 0.25) is 0 Å². The Morgan fingerprint density at radius 3 is 1.68 bits per heavy atom. The minimum Gasteiger partial charge on any atom is -0.344 e. The lowest BCUT2D eigenvalue weighted by molar-refractivity contribution is 1.01. The van der Waals surface area contributed by atoms with Crippen molar-refractivity contribution in [2.24, 2.45) is 7.05 Å². The van der Waals surface area contributed by atoms with Crippen LogP contribution in [0.25, 0.3) is 21.8 Å². The fourth-order valence-corrected chi connectivity index (χ4v) is 7.62.